The summed E-state index contributed by atoms with van der Waals surface area (Å²) < 4.78 is 12.0. The Kier molecular flexibility index (Phi) is 7.80. The number of carboxylic acid groups (broad SMARTS) is 1. The van der Waals surface area contributed by atoms with Crippen molar-refractivity contribution in [1.29, 1.82) is 0 Å². The lowest BCUT2D eigenvalue weighted by Crippen LogP contribution is -2.11. The summed E-state index contributed by atoms with van der Waals surface area (Å²) in [6.07, 6.45) is 8.66. The normalized spacial score (nSPS) is 17.3. The quantitative estimate of drug-likeness (QED) is 0.272. The first-order chi connectivity index (χ1) is 18.2. The molecule has 0 amide bonds. The highest BCUT2D eigenvalue weighted by molar-refractivity contribution is 5.79. The molecule has 1 aromatic heterocycles. The average molecular weight is 494 g/mol. The number of rotatable bonds is 8. The van der Waals surface area contributed by atoms with E-state index in [1.807, 2.05) is 48.5 Å². The first-order valence-corrected chi connectivity index (χ1v) is 12.9. The van der Waals surface area contributed by atoms with Gasteiger partial charge >= 0.3 is 5.97 Å². The molecule has 1 unspecified atom stereocenters. The molecule has 188 valence electrons. The predicted molar refractivity (Wildman–Crippen MR) is 145 cm³/mol. The first kappa shape index (κ1) is 24.6. The summed E-state index contributed by atoms with van der Waals surface area (Å²) in [4.78, 5) is 16.0. The monoisotopic (exact) mass is 493 g/mol. The summed E-state index contributed by atoms with van der Waals surface area (Å²) in [5.41, 5.74) is 5.15. The molecule has 4 aromatic rings. The number of aromatic nitrogens is 1. The van der Waals surface area contributed by atoms with Gasteiger partial charge in [-0.05, 0) is 49.3 Å². The van der Waals surface area contributed by atoms with Gasteiger partial charge in [-0.1, -0.05) is 91.7 Å². The Morgan fingerprint density at radius 1 is 0.919 bits per heavy atom. The summed E-state index contributed by atoms with van der Waals surface area (Å²) >= 11 is 0. The number of nitrogens with zero attached hydrogens (tertiary/aromatic N) is 1. The number of hydrogen-bond donors (Lipinski definition) is 1. The topological polar surface area (TPSA) is 72.6 Å². The minimum atomic E-state index is -0.983. The predicted octanol–water partition coefficient (Wildman–Crippen LogP) is 7.68. The molecule has 5 heteroatoms. The highest BCUT2D eigenvalue weighted by Crippen LogP contribution is 2.39. The van der Waals surface area contributed by atoms with Crippen LogP contribution in [0.25, 0.3) is 28.2 Å². The van der Waals surface area contributed by atoms with E-state index in [0.29, 0.717) is 11.6 Å². The van der Waals surface area contributed by atoms with Gasteiger partial charge in [0.1, 0.15) is 11.4 Å². The smallest absolute Gasteiger partial charge is 0.341 e. The molecule has 5 nitrogen and oxygen atoms in total. The van der Waals surface area contributed by atoms with Crippen LogP contribution in [0, 0.1) is 5.92 Å². The second-order valence-corrected chi connectivity index (χ2v) is 9.46. The van der Waals surface area contributed by atoms with E-state index < -0.39 is 5.97 Å². The van der Waals surface area contributed by atoms with Crippen LogP contribution in [0.15, 0.2) is 95.4 Å². The lowest BCUT2D eigenvalue weighted by atomic mass is 9.84. The van der Waals surface area contributed by atoms with Crippen molar-refractivity contribution in [1.82, 2.24) is 4.98 Å². The molecule has 1 atom stereocenters. The Morgan fingerprint density at radius 3 is 2.43 bits per heavy atom. The third-order valence-corrected chi connectivity index (χ3v) is 6.76. The van der Waals surface area contributed by atoms with Crippen LogP contribution in [0.2, 0.25) is 0 Å². The fourth-order valence-electron chi connectivity index (χ4n) is 4.98. The second-order valence-electron chi connectivity index (χ2n) is 9.46. The van der Waals surface area contributed by atoms with E-state index in [0.717, 1.165) is 65.8 Å². The van der Waals surface area contributed by atoms with Crippen molar-refractivity contribution in [2.45, 2.75) is 38.5 Å². The van der Waals surface area contributed by atoms with Gasteiger partial charge in [0.15, 0.2) is 12.4 Å². The van der Waals surface area contributed by atoms with Gasteiger partial charge in [0, 0.05) is 16.7 Å². The molecule has 1 heterocycles. The summed E-state index contributed by atoms with van der Waals surface area (Å²) in [6.45, 7) is -0.348. The van der Waals surface area contributed by atoms with Crippen molar-refractivity contribution in [2.75, 3.05) is 6.61 Å². The molecular formula is C32H31NO4. The molecule has 37 heavy (non-hydrogen) atoms. The number of allylic oxidation sites excluding steroid dienone is 2. The molecule has 0 bridgehead atoms. The van der Waals surface area contributed by atoms with Crippen molar-refractivity contribution in [3.8, 4) is 28.3 Å². The maximum absolute atomic E-state index is 10.9. The van der Waals surface area contributed by atoms with E-state index >= 15 is 0 Å². The summed E-state index contributed by atoms with van der Waals surface area (Å²) in [5.74, 6) is 1.30. The molecule has 0 fully saturated rings. The molecule has 0 saturated heterocycles. The number of benzene rings is 3. The number of ether oxygens (including phenoxy) is 1. The van der Waals surface area contributed by atoms with Crippen LogP contribution in [-0.4, -0.2) is 22.7 Å². The number of carboxylic acids is 1. The number of hydrogen-bond acceptors (Lipinski definition) is 4. The summed E-state index contributed by atoms with van der Waals surface area (Å²) in [6, 6.07) is 28.1. The molecule has 1 aliphatic rings. The average Bonchev–Trinajstić information content (AvgIpc) is 3.36. The van der Waals surface area contributed by atoms with E-state index in [2.05, 4.69) is 36.4 Å². The second kappa shape index (κ2) is 11.7. The van der Waals surface area contributed by atoms with Gasteiger partial charge in [0.25, 0.3) is 0 Å². The third-order valence-electron chi connectivity index (χ3n) is 6.76. The van der Waals surface area contributed by atoms with Gasteiger partial charge in [-0.25, -0.2) is 9.78 Å². The summed E-state index contributed by atoms with van der Waals surface area (Å²) in [7, 11) is 0. The van der Waals surface area contributed by atoms with Gasteiger partial charge in [0.2, 0.25) is 5.89 Å². The maximum atomic E-state index is 10.9. The standard InChI is InChI=1S/C32H31NO4/c34-29(35)22-36-27-18-11-12-23(21-27)20-26-17-5-1-2-10-19-28(26)32-33-30(24-13-6-3-7-14-24)31(37-32)25-15-8-4-9-16-25/h3-4,6-9,11-16,18-19,21,26H,1-2,5,10,17,20,22H2,(H,34,35)/b28-19+. The van der Waals surface area contributed by atoms with Crippen LogP contribution >= 0.6 is 0 Å². The first-order valence-electron chi connectivity index (χ1n) is 12.9. The van der Waals surface area contributed by atoms with Gasteiger partial charge in [0.05, 0.1) is 0 Å². The molecule has 0 radical (unpaired) electrons. The van der Waals surface area contributed by atoms with E-state index in [4.69, 9.17) is 19.2 Å². The Morgan fingerprint density at radius 2 is 1.68 bits per heavy atom. The van der Waals surface area contributed by atoms with Gasteiger partial charge in [-0.2, -0.15) is 0 Å². The zero-order valence-electron chi connectivity index (χ0n) is 20.8. The van der Waals surface area contributed by atoms with Gasteiger partial charge in [-0.15, -0.1) is 0 Å². The highest BCUT2D eigenvalue weighted by atomic mass is 16.5. The molecular weight excluding hydrogens is 462 g/mol. The number of aliphatic carboxylic acids is 1. The number of oxazole rings is 1. The third kappa shape index (κ3) is 6.18. The fourth-order valence-corrected chi connectivity index (χ4v) is 4.98. The van der Waals surface area contributed by atoms with Gasteiger partial charge in [-0.3, -0.25) is 0 Å². The van der Waals surface area contributed by atoms with Crippen LogP contribution in [0.4, 0.5) is 0 Å². The zero-order chi connectivity index (χ0) is 25.5. The van der Waals surface area contributed by atoms with Crippen LogP contribution < -0.4 is 4.74 Å². The fraction of sp³-hybridized carbons (Fsp3) is 0.250. The van der Waals surface area contributed by atoms with E-state index in [1.54, 1.807) is 6.07 Å². The molecule has 0 aliphatic heterocycles. The SMILES string of the molecule is O=C(O)COc1cccc(CC2CCCCC/C=C\2c2nc(-c3ccccc3)c(-c3ccccc3)o2)c1. The molecule has 3 aromatic carbocycles. The van der Waals surface area contributed by atoms with E-state index in [-0.39, 0.29) is 12.5 Å². The van der Waals surface area contributed by atoms with E-state index in [1.165, 1.54) is 6.42 Å². The largest absolute Gasteiger partial charge is 0.482 e. The van der Waals surface area contributed by atoms with Crippen molar-refractivity contribution in [3.63, 3.8) is 0 Å². The van der Waals surface area contributed by atoms with Crippen molar-refractivity contribution >= 4 is 11.5 Å². The summed E-state index contributed by atoms with van der Waals surface area (Å²) in [5, 5.41) is 8.96. The minimum Gasteiger partial charge on any atom is -0.482 e. The van der Waals surface area contributed by atoms with E-state index in [9.17, 15) is 4.79 Å². The molecule has 1 aliphatic carbocycles. The lowest BCUT2D eigenvalue weighted by Gasteiger charge is -2.21. The molecule has 0 spiro atoms. The minimum absolute atomic E-state index is 0.237. The highest BCUT2D eigenvalue weighted by Gasteiger charge is 2.25. The Hall–Kier alpha value is -4.12. The lowest BCUT2D eigenvalue weighted by molar-refractivity contribution is -0.139. The van der Waals surface area contributed by atoms with Crippen LogP contribution in [0.3, 0.4) is 0 Å². The zero-order valence-corrected chi connectivity index (χ0v) is 20.8. The Bertz CT molecular complexity index is 1300. The van der Waals surface area contributed by atoms with Gasteiger partial charge < -0.3 is 14.3 Å². The Labute approximate surface area is 217 Å². The maximum Gasteiger partial charge on any atom is 0.341 e. The number of carbonyl (C=O) groups is 1. The van der Waals surface area contributed by atoms with Crippen molar-refractivity contribution in [3.05, 3.63) is 102 Å². The molecule has 1 N–H and O–H groups in total. The van der Waals surface area contributed by atoms with Crippen molar-refractivity contribution < 1.29 is 19.1 Å². The molecule has 5 rings (SSSR count). The van der Waals surface area contributed by atoms with Crippen LogP contribution in [-0.2, 0) is 11.2 Å². The van der Waals surface area contributed by atoms with Crippen LogP contribution in [0.1, 0.15) is 43.6 Å². The van der Waals surface area contributed by atoms with Crippen molar-refractivity contribution in [2.24, 2.45) is 5.92 Å². The van der Waals surface area contributed by atoms with Crippen LogP contribution in [0.5, 0.6) is 5.75 Å². The Balaban J connectivity index is 1.51. The molecule has 0 saturated carbocycles.